The fourth-order valence-electron chi connectivity index (χ4n) is 1.42. The summed E-state index contributed by atoms with van der Waals surface area (Å²) in [4.78, 5) is 24.0. The Balaban J connectivity index is 2.36. The SMILES string of the molecule is N[C@H]1CCC(=O)N(CCOCCO)C1=O. The predicted octanol–water partition coefficient (Wildman–Crippen LogP) is -1.53. The molecule has 0 aromatic heterocycles. The molecular formula is C9H16N2O4. The third-order valence-corrected chi connectivity index (χ3v) is 2.25. The molecule has 1 aliphatic heterocycles. The minimum atomic E-state index is -0.569. The van der Waals surface area contributed by atoms with Crippen LogP contribution in [0.1, 0.15) is 12.8 Å². The average molecular weight is 216 g/mol. The van der Waals surface area contributed by atoms with Gasteiger partial charge in [-0.15, -0.1) is 0 Å². The van der Waals surface area contributed by atoms with Gasteiger partial charge in [-0.25, -0.2) is 0 Å². The van der Waals surface area contributed by atoms with Crippen LogP contribution in [0.3, 0.4) is 0 Å². The van der Waals surface area contributed by atoms with Crippen LogP contribution in [-0.2, 0) is 14.3 Å². The lowest BCUT2D eigenvalue weighted by atomic mass is 10.1. The number of carbonyl (C=O) groups excluding carboxylic acids is 2. The molecule has 1 saturated heterocycles. The number of hydrogen-bond donors (Lipinski definition) is 2. The first-order valence-electron chi connectivity index (χ1n) is 4.95. The number of nitrogens with two attached hydrogens (primary N) is 1. The van der Waals surface area contributed by atoms with Crippen LogP contribution in [0.5, 0.6) is 0 Å². The summed E-state index contributed by atoms with van der Waals surface area (Å²) in [6.45, 7) is 0.597. The van der Waals surface area contributed by atoms with Gasteiger partial charge in [-0.05, 0) is 6.42 Å². The van der Waals surface area contributed by atoms with E-state index in [1.54, 1.807) is 0 Å². The highest BCUT2D eigenvalue weighted by atomic mass is 16.5. The minimum absolute atomic E-state index is 0.0680. The molecule has 6 heteroatoms. The molecule has 0 unspecified atom stereocenters. The van der Waals surface area contributed by atoms with E-state index in [0.29, 0.717) is 12.8 Å². The Morgan fingerprint density at radius 2 is 2.20 bits per heavy atom. The number of ether oxygens (including phenoxy) is 1. The van der Waals surface area contributed by atoms with Gasteiger partial charge in [0.05, 0.1) is 32.4 Å². The van der Waals surface area contributed by atoms with Crippen molar-refractivity contribution < 1.29 is 19.4 Å². The lowest BCUT2D eigenvalue weighted by Crippen LogP contribution is -2.52. The van der Waals surface area contributed by atoms with Gasteiger partial charge in [-0.2, -0.15) is 0 Å². The van der Waals surface area contributed by atoms with Gasteiger partial charge in [-0.3, -0.25) is 14.5 Å². The molecule has 6 nitrogen and oxygen atoms in total. The normalized spacial score (nSPS) is 22.3. The molecule has 0 aliphatic carbocycles. The van der Waals surface area contributed by atoms with E-state index in [1.165, 1.54) is 0 Å². The summed E-state index contributed by atoms with van der Waals surface area (Å²) >= 11 is 0. The second-order valence-corrected chi connectivity index (χ2v) is 3.36. The number of rotatable bonds is 5. The first-order valence-corrected chi connectivity index (χ1v) is 4.95. The average Bonchev–Trinajstić information content (AvgIpc) is 2.23. The fourth-order valence-corrected chi connectivity index (χ4v) is 1.42. The zero-order chi connectivity index (χ0) is 11.3. The Morgan fingerprint density at radius 1 is 1.47 bits per heavy atom. The number of carbonyl (C=O) groups is 2. The molecule has 0 spiro atoms. The maximum absolute atomic E-state index is 11.5. The monoisotopic (exact) mass is 216 g/mol. The van der Waals surface area contributed by atoms with E-state index in [4.69, 9.17) is 15.6 Å². The Bertz CT molecular complexity index is 244. The Morgan fingerprint density at radius 3 is 2.87 bits per heavy atom. The van der Waals surface area contributed by atoms with Crippen LogP contribution < -0.4 is 5.73 Å². The summed E-state index contributed by atoms with van der Waals surface area (Å²) in [6, 6.07) is -0.569. The maximum atomic E-state index is 11.5. The molecule has 0 radical (unpaired) electrons. The van der Waals surface area contributed by atoms with Crippen molar-refractivity contribution in [3.63, 3.8) is 0 Å². The van der Waals surface area contributed by atoms with Crippen molar-refractivity contribution in [2.75, 3.05) is 26.4 Å². The van der Waals surface area contributed by atoms with Crippen molar-refractivity contribution in [2.45, 2.75) is 18.9 Å². The topological polar surface area (TPSA) is 92.9 Å². The summed E-state index contributed by atoms with van der Waals surface area (Å²) in [7, 11) is 0. The lowest BCUT2D eigenvalue weighted by molar-refractivity contribution is -0.150. The molecule has 0 aromatic rings. The van der Waals surface area contributed by atoms with E-state index < -0.39 is 6.04 Å². The van der Waals surface area contributed by atoms with Gasteiger partial charge in [0.1, 0.15) is 0 Å². The molecule has 1 aliphatic rings. The first kappa shape index (κ1) is 12.1. The zero-order valence-electron chi connectivity index (χ0n) is 8.52. The van der Waals surface area contributed by atoms with Gasteiger partial charge in [-0.1, -0.05) is 0 Å². The largest absolute Gasteiger partial charge is 0.394 e. The molecule has 1 atom stereocenters. The Hall–Kier alpha value is -0.980. The molecule has 0 saturated carbocycles. The van der Waals surface area contributed by atoms with Gasteiger partial charge < -0.3 is 15.6 Å². The van der Waals surface area contributed by atoms with Crippen molar-refractivity contribution in [3.8, 4) is 0 Å². The van der Waals surface area contributed by atoms with Crippen LogP contribution in [0.25, 0.3) is 0 Å². The molecule has 1 heterocycles. The van der Waals surface area contributed by atoms with Crippen LogP contribution in [0, 0.1) is 0 Å². The number of imide groups is 1. The first-order chi connectivity index (χ1) is 7.16. The lowest BCUT2D eigenvalue weighted by Gasteiger charge is -2.28. The Labute approximate surface area is 88.0 Å². The highest BCUT2D eigenvalue weighted by Crippen LogP contribution is 2.10. The van der Waals surface area contributed by atoms with E-state index in [0.717, 1.165) is 4.90 Å². The number of likely N-dealkylation sites (tertiary alicyclic amines) is 1. The van der Waals surface area contributed by atoms with Gasteiger partial charge in [0.25, 0.3) is 0 Å². The number of amides is 2. The molecule has 0 bridgehead atoms. The minimum Gasteiger partial charge on any atom is -0.394 e. The number of aliphatic hydroxyl groups is 1. The van der Waals surface area contributed by atoms with Crippen molar-refractivity contribution in [2.24, 2.45) is 5.73 Å². The highest BCUT2D eigenvalue weighted by Gasteiger charge is 2.31. The number of hydrogen-bond acceptors (Lipinski definition) is 5. The zero-order valence-corrected chi connectivity index (χ0v) is 8.52. The van der Waals surface area contributed by atoms with Crippen molar-refractivity contribution in [1.29, 1.82) is 0 Å². The molecule has 1 rings (SSSR count). The van der Waals surface area contributed by atoms with Crippen LogP contribution in [0.15, 0.2) is 0 Å². The summed E-state index contributed by atoms with van der Waals surface area (Å²) in [5, 5.41) is 8.46. The Kier molecular flexibility index (Phi) is 4.67. The predicted molar refractivity (Wildman–Crippen MR) is 51.8 cm³/mol. The number of nitrogens with zero attached hydrogens (tertiary/aromatic N) is 1. The molecular weight excluding hydrogens is 200 g/mol. The second-order valence-electron chi connectivity index (χ2n) is 3.36. The molecule has 2 amide bonds. The number of piperidine rings is 1. The van der Waals surface area contributed by atoms with E-state index in [9.17, 15) is 9.59 Å². The van der Waals surface area contributed by atoms with E-state index in [-0.39, 0.29) is 38.2 Å². The van der Waals surface area contributed by atoms with Gasteiger partial charge in [0.2, 0.25) is 11.8 Å². The number of aliphatic hydroxyl groups excluding tert-OH is 1. The molecule has 3 N–H and O–H groups in total. The summed E-state index contributed by atoms with van der Waals surface area (Å²) < 4.78 is 4.98. The highest BCUT2D eigenvalue weighted by molar-refractivity contribution is 6.00. The van der Waals surface area contributed by atoms with Crippen LogP contribution in [0.2, 0.25) is 0 Å². The van der Waals surface area contributed by atoms with E-state index in [1.807, 2.05) is 0 Å². The van der Waals surface area contributed by atoms with Crippen LogP contribution in [0.4, 0.5) is 0 Å². The van der Waals surface area contributed by atoms with Crippen molar-refractivity contribution in [1.82, 2.24) is 4.90 Å². The van der Waals surface area contributed by atoms with Crippen molar-refractivity contribution >= 4 is 11.8 Å². The van der Waals surface area contributed by atoms with Gasteiger partial charge in [0.15, 0.2) is 0 Å². The third kappa shape index (κ3) is 3.26. The summed E-state index contributed by atoms with van der Waals surface area (Å²) in [5.41, 5.74) is 5.54. The van der Waals surface area contributed by atoms with Crippen molar-refractivity contribution in [3.05, 3.63) is 0 Å². The van der Waals surface area contributed by atoms with Crippen LogP contribution >= 0.6 is 0 Å². The molecule has 1 fully saturated rings. The standard InChI is InChI=1S/C9H16N2O4/c10-7-1-2-8(13)11(9(7)14)3-5-15-6-4-12/h7,12H,1-6,10H2/t7-/m0/s1. The maximum Gasteiger partial charge on any atom is 0.246 e. The van der Waals surface area contributed by atoms with Gasteiger partial charge in [0, 0.05) is 6.42 Å². The van der Waals surface area contributed by atoms with Gasteiger partial charge >= 0.3 is 0 Å². The summed E-state index contributed by atoms with van der Waals surface area (Å²) in [6.07, 6.45) is 0.735. The second kappa shape index (κ2) is 5.79. The van der Waals surface area contributed by atoms with E-state index in [2.05, 4.69) is 0 Å². The van der Waals surface area contributed by atoms with E-state index >= 15 is 0 Å². The summed E-state index contributed by atoms with van der Waals surface area (Å²) in [5.74, 6) is -0.534. The third-order valence-electron chi connectivity index (χ3n) is 2.25. The quantitative estimate of drug-likeness (QED) is 0.429. The van der Waals surface area contributed by atoms with Crippen LogP contribution in [-0.4, -0.2) is 54.2 Å². The fraction of sp³-hybridized carbons (Fsp3) is 0.778. The molecule has 0 aromatic carbocycles. The smallest absolute Gasteiger partial charge is 0.246 e. The molecule has 15 heavy (non-hydrogen) atoms. The molecule has 86 valence electrons.